The van der Waals surface area contributed by atoms with Crippen LogP contribution in [0.4, 0.5) is 0 Å². The Bertz CT molecular complexity index is 631. The molecule has 1 aromatic carbocycles. The number of halogens is 2. The summed E-state index contributed by atoms with van der Waals surface area (Å²) >= 11 is -3.72. The van der Waals surface area contributed by atoms with E-state index in [9.17, 15) is 5.11 Å². The summed E-state index contributed by atoms with van der Waals surface area (Å²) < 4.78 is 12.9. The Morgan fingerprint density at radius 1 is 1.26 bits per heavy atom. The summed E-state index contributed by atoms with van der Waals surface area (Å²) in [6.45, 7) is 9.06. The number of allylic oxidation sites excluding steroid dienone is 1. The summed E-state index contributed by atoms with van der Waals surface area (Å²) in [7, 11) is 0. The van der Waals surface area contributed by atoms with Gasteiger partial charge in [0.05, 0.1) is 0 Å². The maximum absolute atomic E-state index is 9.25. The molecule has 1 aliphatic rings. The molecule has 1 aromatic rings. The van der Waals surface area contributed by atoms with E-state index in [0.29, 0.717) is 10.2 Å². The quantitative estimate of drug-likeness (QED) is 0.668. The first-order valence-electron chi connectivity index (χ1n) is 7.52. The van der Waals surface area contributed by atoms with Crippen LogP contribution in [0.1, 0.15) is 35.5 Å². The zero-order valence-electron chi connectivity index (χ0n) is 14.3. The second-order valence-electron chi connectivity index (χ2n) is 7.40. The van der Waals surface area contributed by atoms with E-state index in [1.54, 1.807) is 0 Å². The van der Waals surface area contributed by atoms with E-state index in [0.717, 1.165) is 0 Å². The number of fused-ring (bicyclic) bond motifs is 1. The monoisotopic (exact) mass is 455 g/mol. The van der Waals surface area contributed by atoms with Gasteiger partial charge in [0, 0.05) is 0 Å². The largest absolute Gasteiger partial charge is 0.147 e. The molecule has 132 valence electrons. The van der Waals surface area contributed by atoms with E-state index in [1.165, 1.54) is 11.1 Å². The Morgan fingerprint density at radius 3 is 2.43 bits per heavy atom. The summed E-state index contributed by atoms with van der Waals surface area (Å²) in [5, 5.41) is 9.25. The summed E-state index contributed by atoms with van der Waals surface area (Å²) in [5.74, 6) is 0. The van der Waals surface area contributed by atoms with Crippen molar-refractivity contribution in [3.63, 3.8) is 0 Å². The third-order valence-electron chi connectivity index (χ3n) is 3.92. The van der Waals surface area contributed by atoms with Crippen LogP contribution < -0.4 is 3.26 Å². The third-order valence-corrected chi connectivity index (χ3v) is 20.0. The third kappa shape index (κ3) is 5.50. The molecule has 1 atom stereocenters. The van der Waals surface area contributed by atoms with Crippen molar-refractivity contribution >= 4 is 37.8 Å². The molecule has 0 radical (unpaired) electrons. The van der Waals surface area contributed by atoms with Gasteiger partial charge in [0.15, 0.2) is 0 Å². The molecular formula is C16H29Cl2NO2SiZr. The molecule has 2 rings (SSSR count). The van der Waals surface area contributed by atoms with Crippen LogP contribution in [0.15, 0.2) is 30.3 Å². The van der Waals surface area contributed by atoms with Gasteiger partial charge in [0.1, 0.15) is 0 Å². The second kappa shape index (κ2) is 8.27. The standard InChI is InChI=1S/C9H7.C4H10N.C2H5O2.CH3.2ClH.H2Si.Zr/c1-2-5-9-7-3-6-8(9)4-1;1-4(2,3)5;3-1-2-4;;;;;/h1-7H;5H,1-3H3;3H,1-2H2;1H3;2*1H;1H2;/q;2*-1;;;;;+2. The zero-order valence-corrected chi connectivity index (χ0v) is 19.8. The number of hydrogen-bond acceptors (Lipinski definition) is 3. The van der Waals surface area contributed by atoms with Gasteiger partial charge in [0.25, 0.3) is 0 Å². The molecule has 0 aliphatic heterocycles. The molecule has 0 fully saturated rings. The molecule has 0 amide bonds. The molecule has 7 heteroatoms. The van der Waals surface area contributed by atoms with Gasteiger partial charge < -0.3 is 0 Å². The van der Waals surface area contributed by atoms with Gasteiger partial charge in [-0.05, 0) is 0 Å². The van der Waals surface area contributed by atoms with Crippen LogP contribution in [0.25, 0.3) is 6.08 Å². The van der Waals surface area contributed by atoms with Crippen molar-refractivity contribution in [3.8, 4) is 0 Å². The topological polar surface area (TPSA) is 41.5 Å². The van der Waals surface area contributed by atoms with Crippen molar-refractivity contribution in [3.05, 3.63) is 41.5 Å². The molecule has 0 saturated heterocycles. The van der Waals surface area contributed by atoms with Crippen molar-refractivity contribution < 1.29 is 26.0 Å². The molecule has 0 aromatic heterocycles. The minimum Gasteiger partial charge on any atom is -0.147 e. The van der Waals surface area contributed by atoms with Gasteiger partial charge >= 0.3 is 132 Å². The summed E-state index contributed by atoms with van der Waals surface area (Å²) in [4.78, 5) is 0. The molecule has 3 nitrogen and oxygen atoms in total. The van der Waals surface area contributed by atoms with Crippen LogP contribution in [0.3, 0.4) is 0 Å². The van der Waals surface area contributed by atoms with E-state index in [2.05, 4.69) is 65.1 Å². The van der Waals surface area contributed by atoms with Gasteiger partial charge in [-0.15, -0.1) is 24.8 Å². The maximum atomic E-state index is 9.25. The Kier molecular flexibility index (Phi) is 8.45. The summed E-state index contributed by atoms with van der Waals surface area (Å²) in [6.07, 6.45) is 4.50. The predicted octanol–water partition coefficient (Wildman–Crippen LogP) is 3.11. The van der Waals surface area contributed by atoms with Gasteiger partial charge in [-0.2, -0.15) is 0 Å². The normalized spacial score (nSPS) is 17.2. The minimum absolute atomic E-state index is 0. The number of nitrogens with one attached hydrogen (secondary N) is 1. The average Bonchev–Trinajstić information content (AvgIpc) is 2.79. The van der Waals surface area contributed by atoms with Crippen molar-refractivity contribution in [2.75, 3.05) is 13.2 Å². The molecule has 0 spiro atoms. The fraction of sp³-hybridized carbons (Fsp3) is 0.500. The average molecular weight is 458 g/mol. The first-order valence-corrected chi connectivity index (χ1v) is 19.6. The Balaban J connectivity index is 0.00000242. The molecule has 2 N–H and O–H groups in total. The minimum atomic E-state index is -3.72. The van der Waals surface area contributed by atoms with Gasteiger partial charge in [-0.25, -0.2) is 0 Å². The molecule has 0 saturated carbocycles. The predicted molar refractivity (Wildman–Crippen MR) is 103 cm³/mol. The van der Waals surface area contributed by atoms with Crippen molar-refractivity contribution in [1.29, 1.82) is 0 Å². The number of hydrogen-bond donors (Lipinski definition) is 2. The first kappa shape index (κ1) is 23.5. The van der Waals surface area contributed by atoms with Crippen LogP contribution >= 0.6 is 24.8 Å². The van der Waals surface area contributed by atoms with E-state index in [4.69, 9.17) is 2.81 Å². The van der Waals surface area contributed by atoms with Gasteiger partial charge in [-0.3, -0.25) is 0 Å². The van der Waals surface area contributed by atoms with Crippen LogP contribution in [-0.4, -0.2) is 30.7 Å². The zero-order chi connectivity index (χ0) is 15.8. The smallest absolute Gasteiger partial charge is 0.147 e. The van der Waals surface area contributed by atoms with E-state index >= 15 is 0 Å². The van der Waals surface area contributed by atoms with Crippen molar-refractivity contribution in [1.82, 2.24) is 3.26 Å². The van der Waals surface area contributed by atoms with Crippen LogP contribution in [0.2, 0.25) is 4.63 Å². The van der Waals surface area contributed by atoms with E-state index in [1.807, 2.05) is 6.88 Å². The second-order valence-corrected chi connectivity index (χ2v) is 30.4. The maximum Gasteiger partial charge on any atom is -0.147 e. The van der Waals surface area contributed by atoms with Crippen molar-refractivity contribution in [2.24, 2.45) is 0 Å². The Hall–Kier alpha value is 0.520. The fourth-order valence-electron chi connectivity index (χ4n) is 3.45. The Labute approximate surface area is 155 Å². The molecule has 23 heavy (non-hydrogen) atoms. The van der Waals surface area contributed by atoms with E-state index < -0.39 is 18.1 Å². The first-order chi connectivity index (χ1) is 9.65. The number of aliphatic hydroxyl groups is 1. The number of rotatable bonds is 5. The number of benzene rings is 1. The Morgan fingerprint density at radius 2 is 1.87 bits per heavy atom. The fourth-order valence-corrected chi connectivity index (χ4v) is 21.3. The van der Waals surface area contributed by atoms with Crippen LogP contribution in [0.5, 0.6) is 0 Å². The summed E-state index contributed by atoms with van der Waals surface area (Å²) in [5.41, 5.74) is 2.64. The molecule has 0 bridgehead atoms. The molecule has 1 aliphatic carbocycles. The van der Waals surface area contributed by atoms with Crippen LogP contribution in [0, 0.1) is 0 Å². The molecular weight excluding hydrogens is 428 g/mol. The van der Waals surface area contributed by atoms with Crippen LogP contribution in [-0.2, 0) is 20.9 Å². The number of aliphatic hydroxyl groups excluding tert-OH is 1. The van der Waals surface area contributed by atoms with E-state index in [-0.39, 0.29) is 37.0 Å². The summed E-state index contributed by atoms with van der Waals surface area (Å²) in [6, 6.07) is 8.54. The van der Waals surface area contributed by atoms with Gasteiger partial charge in [0.2, 0.25) is 0 Å². The molecule has 0 heterocycles. The molecule has 1 unspecified atom stereocenters. The van der Waals surface area contributed by atoms with Crippen molar-refractivity contribution in [2.45, 2.75) is 34.6 Å². The SMILES string of the molecule is CC(C)(C)[NH][Zr]([CH3])(=[SiH2])([O]CCO)[CH]1C=Cc2ccccc21.Cl.Cl. The van der Waals surface area contributed by atoms with Gasteiger partial charge in [-0.1, -0.05) is 0 Å².